The minimum atomic E-state index is -4.56. The summed E-state index contributed by atoms with van der Waals surface area (Å²) in [4.78, 5) is 29.8. The lowest BCUT2D eigenvalue weighted by Gasteiger charge is -2.12. The van der Waals surface area contributed by atoms with Crippen LogP contribution < -0.4 is 15.6 Å². The molecule has 200 valence electrons. The number of carbonyl (C=O) groups excluding carboxylic acids is 1. The number of hydrogen-bond donors (Lipinski definition) is 1. The molecule has 5 aromatic rings. The van der Waals surface area contributed by atoms with E-state index in [9.17, 15) is 22.8 Å². The van der Waals surface area contributed by atoms with E-state index in [1.165, 1.54) is 18.3 Å². The molecule has 0 aliphatic heterocycles. The zero-order valence-electron chi connectivity index (χ0n) is 20.8. The maximum Gasteiger partial charge on any atom is 0.416 e. The fourth-order valence-electron chi connectivity index (χ4n) is 3.89. The highest BCUT2D eigenvalue weighted by molar-refractivity contribution is 5.91. The van der Waals surface area contributed by atoms with Gasteiger partial charge in [0.05, 0.1) is 22.7 Å². The Balaban J connectivity index is 1.39. The fraction of sp³-hybridized carbons (Fsp3) is 0.0667. The molecule has 4 aromatic carbocycles. The number of nitrogens with zero attached hydrogens (tertiary/aromatic N) is 3. The molecule has 10 heteroatoms. The van der Waals surface area contributed by atoms with Crippen LogP contribution in [-0.4, -0.2) is 28.4 Å². The van der Waals surface area contributed by atoms with Crippen LogP contribution in [0.4, 0.5) is 18.9 Å². The van der Waals surface area contributed by atoms with Crippen molar-refractivity contribution >= 4 is 28.7 Å². The van der Waals surface area contributed by atoms with E-state index in [2.05, 4.69) is 15.4 Å². The molecule has 1 heterocycles. The number of halogens is 3. The fourth-order valence-corrected chi connectivity index (χ4v) is 3.89. The smallest absolute Gasteiger partial charge is 0.416 e. The average molecular weight is 543 g/mol. The van der Waals surface area contributed by atoms with E-state index >= 15 is 0 Å². The molecule has 0 fully saturated rings. The summed E-state index contributed by atoms with van der Waals surface area (Å²) in [7, 11) is 0. The molecule has 0 unspecified atom stereocenters. The Bertz CT molecular complexity index is 1750. The third kappa shape index (κ3) is 6.07. The van der Waals surface area contributed by atoms with Crippen LogP contribution >= 0.6 is 0 Å². The van der Waals surface area contributed by atoms with Gasteiger partial charge in [-0.25, -0.2) is 4.98 Å². The predicted octanol–water partition coefficient (Wildman–Crippen LogP) is 5.98. The van der Waals surface area contributed by atoms with Crippen molar-refractivity contribution in [2.24, 2.45) is 5.10 Å². The summed E-state index contributed by atoms with van der Waals surface area (Å²) in [6.45, 7) is -0.194. The van der Waals surface area contributed by atoms with Gasteiger partial charge in [-0.05, 0) is 66.2 Å². The molecule has 0 saturated carbocycles. The van der Waals surface area contributed by atoms with E-state index in [1.54, 1.807) is 72.8 Å². The summed E-state index contributed by atoms with van der Waals surface area (Å²) < 4.78 is 46.6. The van der Waals surface area contributed by atoms with E-state index in [-0.39, 0.29) is 29.3 Å². The first-order valence-electron chi connectivity index (χ1n) is 12.1. The van der Waals surface area contributed by atoms with Gasteiger partial charge < -0.3 is 10.1 Å². The molecule has 1 N–H and O–H groups in total. The first-order chi connectivity index (χ1) is 19.3. The normalized spacial score (nSPS) is 11.6. The third-order valence-electron chi connectivity index (χ3n) is 5.83. The number of ether oxygens (including phenoxy) is 1. The van der Waals surface area contributed by atoms with E-state index in [4.69, 9.17) is 4.74 Å². The molecule has 0 spiro atoms. The van der Waals surface area contributed by atoms with Crippen molar-refractivity contribution in [3.63, 3.8) is 0 Å². The standard InChI is InChI=1S/C30H21F3N4O3/c31-30(32,33)22-8-6-7-21(17-22)28-36-26-12-5-4-11-25(26)29(39)37(28)34-18-20-13-15-24(16-14-20)40-19-27(38)35-23-9-2-1-3-10-23/h1-18H,19H2,(H,35,38). The van der Waals surface area contributed by atoms with Gasteiger partial charge in [-0.2, -0.15) is 22.9 Å². The average Bonchev–Trinajstić information content (AvgIpc) is 2.96. The Kier molecular flexibility index (Phi) is 7.41. The molecule has 0 aliphatic carbocycles. The van der Waals surface area contributed by atoms with E-state index < -0.39 is 17.3 Å². The molecular formula is C30H21F3N4O3. The van der Waals surface area contributed by atoms with Crippen molar-refractivity contribution in [3.05, 3.63) is 125 Å². The van der Waals surface area contributed by atoms with Crippen LogP contribution in [0.3, 0.4) is 0 Å². The van der Waals surface area contributed by atoms with Crippen LogP contribution in [0.5, 0.6) is 5.75 Å². The highest BCUT2D eigenvalue weighted by Crippen LogP contribution is 2.32. The maximum atomic E-state index is 13.4. The number of carbonyl (C=O) groups is 1. The highest BCUT2D eigenvalue weighted by atomic mass is 19.4. The summed E-state index contributed by atoms with van der Waals surface area (Å²) in [5, 5.41) is 7.27. The number of anilines is 1. The van der Waals surface area contributed by atoms with Gasteiger partial charge >= 0.3 is 6.18 Å². The second-order valence-electron chi connectivity index (χ2n) is 8.66. The highest BCUT2D eigenvalue weighted by Gasteiger charge is 2.31. The lowest BCUT2D eigenvalue weighted by atomic mass is 10.1. The number of alkyl halides is 3. The zero-order chi connectivity index (χ0) is 28.1. The van der Waals surface area contributed by atoms with Crippen LogP contribution in [0.1, 0.15) is 11.1 Å². The number of nitrogens with one attached hydrogen (secondary N) is 1. The number of fused-ring (bicyclic) bond motifs is 1. The molecule has 0 radical (unpaired) electrons. The second-order valence-corrected chi connectivity index (χ2v) is 8.66. The van der Waals surface area contributed by atoms with Gasteiger partial charge in [-0.15, -0.1) is 0 Å². The predicted molar refractivity (Wildman–Crippen MR) is 146 cm³/mol. The molecule has 0 atom stereocenters. The van der Waals surface area contributed by atoms with E-state index in [0.29, 0.717) is 22.5 Å². The lowest BCUT2D eigenvalue weighted by molar-refractivity contribution is -0.137. The molecule has 0 bridgehead atoms. The number of aromatic nitrogens is 2. The molecule has 1 aromatic heterocycles. The summed E-state index contributed by atoms with van der Waals surface area (Å²) in [6, 6.07) is 26.7. The molecular weight excluding hydrogens is 521 g/mol. The maximum absolute atomic E-state index is 13.4. The van der Waals surface area contributed by atoms with Crippen LogP contribution in [-0.2, 0) is 11.0 Å². The number of rotatable bonds is 7. The van der Waals surface area contributed by atoms with Gasteiger partial charge in [-0.1, -0.05) is 42.5 Å². The Labute approximate surface area is 226 Å². The Morgan fingerprint density at radius 2 is 1.65 bits per heavy atom. The van der Waals surface area contributed by atoms with Crippen LogP contribution in [0.15, 0.2) is 113 Å². The molecule has 7 nitrogen and oxygen atoms in total. The monoisotopic (exact) mass is 542 g/mol. The van der Waals surface area contributed by atoms with Gasteiger partial charge in [0.2, 0.25) is 0 Å². The lowest BCUT2D eigenvalue weighted by Crippen LogP contribution is -2.20. The van der Waals surface area contributed by atoms with Crippen molar-refractivity contribution in [3.8, 4) is 17.1 Å². The SMILES string of the molecule is O=C(COc1ccc(C=Nn2c(-c3cccc(C(F)(F)F)c3)nc3ccccc3c2=O)cc1)Nc1ccccc1. The number of benzene rings is 4. The van der Waals surface area contributed by atoms with Crippen molar-refractivity contribution < 1.29 is 22.7 Å². The summed E-state index contributed by atoms with van der Waals surface area (Å²) in [5.74, 6) is 0.0899. The summed E-state index contributed by atoms with van der Waals surface area (Å²) in [6.07, 6.45) is -3.17. The Morgan fingerprint density at radius 1 is 0.925 bits per heavy atom. The zero-order valence-corrected chi connectivity index (χ0v) is 20.8. The molecule has 5 rings (SSSR count). The van der Waals surface area contributed by atoms with Gasteiger partial charge in [0.25, 0.3) is 11.5 Å². The molecule has 1 amide bonds. The van der Waals surface area contributed by atoms with Crippen LogP contribution in [0.25, 0.3) is 22.3 Å². The van der Waals surface area contributed by atoms with Gasteiger partial charge in [0.15, 0.2) is 12.4 Å². The first-order valence-corrected chi connectivity index (χ1v) is 12.1. The second kappa shape index (κ2) is 11.2. The largest absolute Gasteiger partial charge is 0.484 e. The Morgan fingerprint density at radius 3 is 2.40 bits per heavy atom. The molecule has 40 heavy (non-hydrogen) atoms. The van der Waals surface area contributed by atoms with Crippen molar-refractivity contribution in [1.82, 2.24) is 9.66 Å². The number of hydrogen-bond acceptors (Lipinski definition) is 5. The minimum Gasteiger partial charge on any atom is -0.484 e. The quantitative estimate of drug-likeness (QED) is 0.256. The van der Waals surface area contributed by atoms with Crippen LogP contribution in [0, 0.1) is 0 Å². The number of amides is 1. The van der Waals surface area contributed by atoms with Crippen molar-refractivity contribution in [1.29, 1.82) is 0 Å². The van der Waals surface area contributed by atoms with Crippen molar-refractivity contribution in [2.75, 3.05) is 11.9 Å². The number of para-hydroxylation sites is 2. The van der Waals surface area contributed by atoms with Gasteiger partial charge in [0.1, 0.15) is 5.75 Å². The van der Waals surface area contributed by atoms with E-state index in [0.717, 1.165) is 16.8 Å². The molecule has 0 saturated heterocycles. The first kappa shape index (κ1) is 26.4. The summed E-state index contributed by atoms with van der Waals surface area (Å²) in [5.41, 5.74) is 0.271. The van der Waals surface area contributed by atoms with Gasteiger partial charge in [0, 0.05) is 11.3 Å². The Hall–Kier alpha value is -5.25. The van der Waals surface area contributed by atoms with E-state index in [1.807, 2.05) is 6.07 Å². The van der Waals surface area contributed by atoms with Crippen molar-refractivity contribution in [2.45, 2.75) is 6.18 Å². The minimum absolute atomic E-state index is 0.0320. The molecule has 0 aliphatic rings. The van der Waals surface area contributed by atoms with Crippen LogP contribution in [0.2, 0.25) is 0 Å². The summed E-state index contributed by atoms with van der Waals surface area (Å²) >= 11 is 0. The van der Waals surface area contributed by atoms with Gasteiger partial charge in [-0.3, -0.25) is 9.59 Å². The topological polar surface area (TPSA) is 85.6 Å². The third-order valence-corrected chi connectivity index (χ3v) is 5.83.